The van der Waals surface area contributed by atoms with E-state index in [0.29, 0.717) is 11.3 Å². The highest BCUT2D eigenvalue weighted by molar-refractivity contribution is 6.22. The highest BCUT2D eigenvalue weighted by Crippen LogP contribution is 2.40. The van der Waals surface area contributed by atoms with Crippen molar-refractivity contribution in [3.05, 3.63) is 120 Å². The molecule has 0 amide bonds. The Labute approximate surface area is 191 Å². The molecule has 5 aromatic carbocycles. The van der Waals surface area contributed by atoms with E-state index >= 15 is 0 Å². The number of rotatable bonds is 2. The lowest BCUT2D eigenvalue weighted by molar-refractivity contribution is 1.17. The van der Waals surface area contributed by atoms with E-state index < -0.39 is 0 Å². The molecule has 1 aromatic heterocycles. The zero-order valence-corrected chi connectivity index (χ0v) is 17.7. The van der Waals surface area contributed by atoms with Crippen LogP contribution in [0.5, 0.6) is 0 Å². The number of aromatic nitrogens is 1. The molecule has 0 N–H and O–H groups in total. The lowest BCUT2D eigenvalue weighted by atomic mass is 10.0. The predicted octanol–water partition coefficient (Wildman–Crippen LogP) is 8.03. The van der Waals surface area contributed by atoms with Crippen LogP contribution in [-0.2, 0) is 0 Å². The number of fused-ring (bicyclic) bond motifs is 5. The molecule has 0 fully saturated rings. The summed E-state index contributed by atoms with van der Waals surface area (Å²) in [6.07, 6.45) is 0. The Bertz CT molecular complexity index is 1780. The van der Waals surface area contributed by atoms with Crippen LogP contribution in [0.1, 0.15) is 5.56 Å². The fourth-order valence-electron chi connectivity index (χ4n) is 4.78. The molecular weight excluding hydrogens is 402 g/mol. The maximum absolute atomic E-state index is 9.93. The number of nitrogens with zero attached hydrogens (tertiary/aromatic N) is 3. The van der Waals surface area contributed by atoms with Gasteiger partial charge >= 0.3 is 0 Å². The summed E-state index contributed by atoms with van der Waals surface area (Å²) in [7, 11) is 0. The molecule has 1 heterocycles. The summed E-state index contributed by atoms with van der Waals surface area (Å²) < 4.78 is 2.12. The van der Waals surface area contributed by atoms with Crippen LogP contribution in [0.2, 0.25) is 0 Å². The molecule has 0 spiro atoms. The first-order valence-corrected chi connectivity index (χ1v) is 10.7. The summed E-state index contributed by atoms with van der Waals surface area (Å²) in [5.74, 6) is 0. The van der Waals surface area contributed by atoms with E-state index in [-0.39, 0.29) is 0 Å². The van der Waals surface area contributed by atoms with Gasteiger partial charge in [0.05, 0.1) is 34.9 Å². The van der Waals surface area contributed by atoms with E-state index in [1.165, 1.54) is 10.8 Å². The fraction of sp³-hybridized carbons (Fsp3) is 0. The largest absolute Gasteiger partial charge is 0.309 e. The van der Waals surface area contributed by atoms with Crippen LogP contribution < -0.4 is 0 Å². The van der Waals surface area contributed by atoms with Gasteiger partial charge in [0.1, 0.15) is 0 Å². The van der Waals surface area contributed by atoms with E-state index in [0.717, 1.165) is 38.6 Å². The minimum atomic E-state index is 0.367. The monoisotopic (exact) mass is 419 g/mol. The molecule has 3 nitrogen and oxygen atoms in total. The first-order chi connectivity index (χ1) is 16.3. The number of benzene rings is 5. The lowest BCUT2D eigenvalue weighted by Gasteiger charge is -2.11. The van der Waals surface area contributed by atoms with Crippen LogP contribution in [-0.4, -0.2) is 4.57 Å². The quantitative estimate of drug-likeness (QED) is 0.262. The molecule has 0 radical (unpaired) electrons. The topological polar surface area (TPSA) is 33.1 Å². The first-order valence-electron chi connectivity index (χ1n) is 10.7. The minimum absolute atomic E-state index is 0.367. The highest BCUT2D eigenvalue weighted by Gasteiger charge is 2.18. The van der Waals surface area contributed by atoms with Gasteiger partial charge in [0.2, 0.25) is 5.69 Å². The van der Waals surface area contributed by atoms with Gasteiger partial charge in [-0.1, -0.05) is 78.9 Å². The van der Waals surface area contributed by atoms with Gasteiger partial charge in [-0.2, -0.15) is 5.26 Å². The van der Waals surface area contributed by atoms with Crippen molar-refractivity contribution in [2.45, 2.75) is 0 Å². The second-order valence-corrected chi connectivity index (χ2v) is 8.01. The molecule has 152 valence electrons. The Hall–Kier alpha value is -4.86. The predicted molar refractivity (Wildman–Crippen MR) is 135 cm³/mol. The van der Waals surface area contributed by atoms with Crippen LogP contribution in [0, 0.1) is 17.9 Å². The van der Waals surface area contributed by atoms with Crippen LogP contribution in [0.25, 0.3) is 54.2 Å². The Balaban J connectivity index is 1.80. The van der Waals surface area contributed by atoms with Crippen molar-refractivity contribution >= 4 is 38.3 Å². The Morgan fingerprint density at radius 2 is 1.48 bits per heavy atom. The van der Waals surface area contributed by atoms with Gasteiger partial charge in [0.25, 0.3) is 0 Å². The van der Waals surface area contributed by atoms with E-state index in [2.05, 4.69) is 82.2 Å². The van der Waals surface area contributed by atoms with E-state index in [4.69, 9.17) is 6.57 Å². The van der Waals surface area contributed by atoms with Gasteiger partial charge in [-0.05, 0) is 46.2 Å². The van der Waals surface area contributed by atoms with E-state index in [1.54, 1.807) is 6.07 Å². The number of hydrogen-bond donors (Lipinski definition) is 0. The van der Waals surface area contributed by atoms with Crippen LogP contribution in [0.4, 0.5) is 5.69 Å². The minimum Gasteiger partial charge on any atom is -0.309 e. The van der Waals surface area contributed by atoms with Gasteiger partial charge in [-0.3, -0.25) is 0 Å². The fourth-order valence-corrected chi connectivity index (χ4v) is 4.78. The SMILES string of the molecule is [C-]#[N+]c1cccc(-n2c3ccc(-c4ccccc4)cc3c3c4ccccc4ccc32)c1C#N. The molecule has 0 atom stereocenters. The molecule has 6 aromatic rings. The molecule has 0 aliphatic carbocycles. The van der Waals surface area contributed by atoms with Gasteiger partial charge in [-0.15, -0.1) is 0 Å². The molecule has 6 rings (SSSR count). The van der Waals surface area contributed by atoms with Crippen molar-refractivity contribution in [1.82, 2.24) is 4.57 Å². The van der Waals surface area contributed by atoms with Crippen molar-refractivity contribution in [3.8, 4) is 22.9 Å². The molecule has 0 saturated carbocycles. The van der Waals surface area contributed by atoms with Gasteiger partial charge in [0.15, 0.2) is 0 Å². The molecule has 33 heavy (non-hydrogen) atoms. The normalized spacial score (nSPS) is 11.0. The molecule has 3 heteroatoms. The zero-order valence-electron chi connectivity index (χ0n) is 17.7. The molecular formula is C30H17N3. The standard InChI is InChI=1S/C30H17N3/c1-32-26-12-7-13-27(25(26)19-31)33-28-16-15-22(20-8-3-2-4-9-20)18-24(28)30-23-11-6-5-10-21(23)14-17-29(30)33/h2-18H. The third-order valence-electron chi connectivity index (χ3n) is 6.26. The zero-order chi connectivity index (χ0) is 22.4. The summed E-state index contributed by atoms with van der Waals surface area (Å²) >= 11 is 0. The van der Waals surface area contributed by atoms with Crippen LogP contribution in [0.15, 0.2) is 103 Å². The molecule has 0 bridgehead atoms. The average molecular weight is 419 g/mol. The molecule has 0 aliphatic heterocycles. The van der Waals surface area contributed by atoms with Crippen molar-refractivity contribution in [2.75, 3.05) is 0 Å². The van der Waals surface area contributed by atoms with Crippen molar-refractivity contribution < 1.29 is 0 Å². The summed E-state index contributed by atoms with van der Waals surface area (Å²) in [5.41, 5.74) is 5.83. The highest BCUT2D eigenvalue weighted by atomic mass is 15.0. The van der Waals surface area contributed by atoms with Gasteiger partial charge < -0.3 is 4.57 Å². The number of hydrogen-bond acceptors (Lipinski definition) is 1. The van der Waals surface area contributed by atoms with Gasteiger partial charge in [0, 0.05) is 10.8 Å². The maximum atomic E-state index is 9.93. The summed E-state index contributed by atoms with van der Waals surface area (Å²) in [6.45, 7) is 7.53. The van der Waals surface area contributed by atoms with Crippen molar-refractivity contribution in [3.63, 3.8) is 0 Å². The third kappa shape index (κ3) is 2.81. The van der Waals surface area contributed by atoms with E-state index in [1.807, 2.05) is 30.3 Å². The summed E-state index contributed by atoms with van der Waals surface area (Å²) in [6, 6.07) is 37.2. The van der Waals surface area contributed by atoms with Crippen molar-refractivity contribution in [1.29, 1.82) is 5.26 Å². The molecule has 0 saturated heterocycles. The Morgan fingerprint density at radius 3 is 2.30 bits per heavy atom. The average Bonchev–Trinajstić information content (AvgIpc) is 3.22. The number of nitriles is 1. The smallest absolute Gasteiger partial charge is 0.206 e. The van der Waals surface area contributed by atoms with Crippen LogP contribution >= 0.6 is 0 Å². The third-order valence-corrected chi connectivity index (χ3v) is 6.26. The van der Waals surface area contributed by atoms with Crippen molar-refractivity contribution in [2.24, 2.45) is 0 Å². The van der Waals surface area contributed by atoms with Gasteiger partial charge in [-0.25, -0.2) is 4.85 Å². The van der Waals surface area contributed by atoms with Crippen LogP contribution in [0.3, 0.4) is 0 Å². The molecule has 0 unspecified atom stereocenters. The summed E-state index contributed by atoms with van der Waals surface area (Å²) in [4.78, 5) is 3.59. The summed E-state index contributed by atoms with van der Waals surface area (Å²) in [5, 5.41) is 14.5. The second kappa shape index (κ2) is 7.38. The lowest BCUT2D eigenvalue weighted by Crippen LogP contribution is -1.97. The first kappa shape index (κ1) is 18.9. The van der Waals surface area contributed by atoms with E-state index in [9.17, 15) is 5.26 Å². The Kier molecular flexibility index (Phi) is 4.22. The molecule has 0 aliphatic rings. The Morgan fingerprint density at radius 1 is 0.697 bits per heavy atom. The second-order valence-electron chi connectivity index (χ2n) is 8.01. The maximum Gasteiger partial charge on any atom is 0.206 e.